The van der Waals surface area contributed by atoms with Crippen LogP contribution in [0.4, 0.5) is 0 Å². The summed E-state index contributed by atoms with van der Waals surface area (Å²) in [6, 6.07) is -5.84. The lowest BCUT2D eigenvalue weighted by atomic mass is 9.91. The molecule has 3 unspecified atom stereocenters. The van der Waals surface area contributed by atoms with E-state index < -0.39 is 29.2 Å². The summed E-state index contributed by atoms with van der Waals surface area (Å²) in [6.07, 6.45) is -0.623. The highest BCUT2D eigenvalue weighted by atomic mass is 16.6. The van der Waals surface area contributed by atoms with Gasteiger partial charge in [-0.25, -0.2) is 0 Å². The van der Waals surface area contributed by atoms with Gasteiger partial charge < -0.3 is 5.72 Å². The average Bonchev–Trinajstić information content (AvgIpc) is 2.21. The van der Waals surface area contributed by atoms with E-state index in [1.165, 1.54) is 13.0 Å². The summed E-state index contributed by atoms with van der Waals surface area (Å²) in [4.78, 5) is 9.75. The minimum Gasteiger partial charge on any atom is -0.319 e. The highest BCUT2D eigenvalue weighted by Crippen LogP contribution is 2.18. The van der Waals surface area contributed by atoms with Gasteiger partial charge in [0.1, 0.15) is 4.19 Å². The van der Waals surface area contributed by atoms with Gasteiger partial charge in [0.05, 0.1) is 7.39 Å². The fraction of sp³-hybridized carbons (Fsp3) is 0.714. The summed E-state index contributed by atoms with van der Waals surface area (Å²) in [5, 5.41) is 11.0. The molecular weight excluding hydrogens is 144 g/mol. The van der Waals surface area contributed by atoms with Crippen LogP contribution in [0.1, 0.15) is 18.8 Å². The van der Waals surface area contributed by atoms with E-state index in [0.29, 0.717) is 0 Å². The minimum atomic E-state index is -3.14. The third kappa shape index (κ3) is 1.77. The third-order valence-corrected chi connectivity index (χ3v) is 1.33. The maximum Gasteiger partial charge on any atom is 0.232 e. The molecule has 0 radical (unpaired) electrons. The molecule has 0 bridgehead atoms. The van der Waals surface area contributed by atoms with Crippen molar-refractivity contribution in [1.82, 2.24) is 0 Å². The first-order valence-electron chi connectivity index (χ1n) is 6.03. The maximum atomic E-state index is 11.0. The van der Waals surface area contributed by atoms with Gasteiger partial charge in [-0.2, -0.15) is 0 Å². The van der Waals surface area contributed by atoms with Crippen LogP contribution >= 0.6 is 0 Å². The molecule has 4 heteroatoms. The Bertz CT molecular complexity index is 375. The van der Waals surface area contributed by atoms with E-state index in [1.807, 2.05) is 0 Å². The van der Waals surface area contributed by atoms with E-state index in [4.69, 9.17) is 8.31 Å². The van der Waals surface area contributed by atoms with Crippen LogP contribution in [-0.4, -0.2) is 17.0 Å². The van der Waals surface area contributed by atoms with Crippen molar-refractivity contribution in [3.8, 4) is 0 Å². The maximum absolute atomic E-state index is 11.0. The van der Waals surface area contributed by atoms with E-state index in [0.717, 1.165) is 6.08 Å². The van der Waals surface area contributed by atoms with Gasteiger partial charge in [-0.05, 0) is 5.92 Å². The van der Waals surface area contributed by atoms with Crippen molar-refractivity contribution in [1.29, 1.82) is 0 Å². The minimum absolute atomic E-state index is 0.316. The molecule has 1 rings (SSSR count). The normalized spacial score (nSPS) is 63.3. The van der Waals surface area contributed by atoms with E-state index in [1.54, 1.807) is 0 Å². The monoisotopic (exact) mass is 162 g/mol. The van der Waals surface area contributed by atoms with Gasteiger partial charge in [0.25, 0.3) is 0 Å². The molecule has 0 aromatic heterocycles. The molecule has 0 aliphatic heterocycles. The van der Waals surface area contributed by atoms with Gasteiger partial charge >= 0.3 is 0 Å². The van der Waals surface area contributed by atoms with Crippen molar-refractivity contribution in [2.45, 2.75) is 25.3 Å². The lowest BCUT2D eigenvalue weighted by molar-refractivity contribution is -0.526. The Morgan fingerprint density at radius 3 is 3.27 bits per heavy atom. The zero-order valence-electron chi connectivity index (χ0n) is 11.9. The zero-order valence-corrected chi connectivity index (χ0v) is 5.94. The second-order valence-electron chi connectivity index (χ2n) is 2.28. The highest BCUT2D eigenvalue weighted by molar-refractivity contribution is 5.03. The molecule has 2 N–H and O–H groups in total. The van der Waals surface area contributed by atoms with E-state index >= 15 is 0 Å². The van der Waals surface area contributed by atoms with Crippen LogP contribution in [0.2, 0.25) is 2.82 Å². The molecule has 4 nitrogen and oxygen atoms in total. The van der Waals surface area contributed by atoms with E-state index in [-0.39, 0.29) is 5.72 Å². The van der Waals surface area contributed by atoms with Gasteiger partial charge in [-0.1, -0.05) is 19.1 Å². The number of nitrogens with zero attached hydrogens (tertiary/aromatic N) is 1. The summed E-state index contributed by atoms with van der Waals surface area (Å²) in [5.74, 6) is -0.955. The smallest absolute Gasteiger partial charge is 0.232 e. The van der Waals surface area contributed by atoms with Crippen LogP contribution in [-0.2, 0) is 0 Å². The fourth-order valence-corrected chi connectivity index (χ4v) is 0.798. The summed E-state index contributed by atoms with van der Waals surface area (Å²) in [5.41, 5.74) is -0.316. The van der Waals surface area contributed by atoms with Crippen molar-refractivity contribution >= 4 is 0 Å². The Labute approximate surface area is 73.8 Å². The van der Waals surface area contributed by atoms with Crippen LogP contribution in [0.25, 0.3) is 0 Å². The van der Waals surface area contributed by atoms with Crippen molar-refractivity contribution < 1.29 is 13.2 Å². The SMILES string of the molecule is [2H]N([2H])C1([2H])C=CC(C)C([2H])([2H])C1([2H])[N+](=O)[O-]. The quantitative estimate of drug-likeness (QED) is 0.366. The highest BCUT2D eigenvalue weighted by Gasteiger charge is 2.30. The Morgan fingerprint density at radius 2 is 2.73 bits per heavy atom. The van der Waals surface area contributed by atoms with Crippen LogP contribution in [0.15, 0.2) is 12.2 Å². The van der Waals surface area contributed by atoms with Gasteiger partial charge in [0.2, 0.25) is 6.02 Å². The largest absolute Gasteiger partial charge is 0.319 e. The molecule has 1 aliphatic rings. The molecule has 11 heavy (non-hydrogen) atoms. The standard InChI is InChI=1S/C7H12N2O2/c1-5-2-3-6(8)7(4-5)9(10)11/h2-3,5-7H,4,8H2,1H3/i4D2,6D,7D/hD2. The van der Waals surface area contributed by atoms with Gasteiger partial charge in [-0.3, -0.25) is 10.1 Å². The molecule has 0 saturated heterocycles. The molecule has 0 spiro atoms. The van der Waals surface area contributed by atoms with Crippen molar-refractivity contribution in [3.63, 3.8) is 0 Å². The summed E-state index contributed by atoms with van der Waals surface area (Å²) in [7, 11) is 0. The third-order valence-electron chi connectivity index (χ3n) is 1.33. The molecule has 0 fully saturated rings. The Balaban J connectivity index is 3.53. The lowest BCUT2D eigenvalue weighted by Gasteiger charge is -2.20. The van der Waals surface area contributed by atoms with Gasteiger partial charge in [-0.15, -0.1) is 0 Å². The predicted molar refractivity (Wildman–Crippen MR) is 41.7 cm³/mol. The van der Waals surface area contributed by atoms with E-state index in [9.17, 15) is 10.1 Å². The van der Waals surface area contributed by atoms with Crippen molar-refractivity contribution in [2.75, 3.05) is 0 Å². The Hall–Kier alpha value is -0.900. The lowest BCUT2D eigenvalue weighted by Crippen LogP contribution is -2.41. The van der Waals surface area contributed by atoms with Crippen LogP contribution in [0.5, 0.6) is 0 Å². The van der Waals surface area contributed by atoms with Gasteiger partial charge in [0.15, 0.2) is 0 Å². The topological polar surface area (TPSA) is 69.2 Å². The van der Waals surface area contributed by atoms with E-state index in [2.05, 4.69) is 0 Å². The Morgan fingerprint density at radius 1 is 2.00 bits per heavy atom. The predicted octanol–water partition coefficient (Wildman–Crippen LogP) is 0.555. The molecular formula is C7H12N2O2. The molecule has 0 amide bonds. The van der Waals surface area contributed by atoms with Crippen molar-refractivity contribution in [2.24, 2.45) is 11.6 Å². The van der Waals surface area contributed by atoms with Crippen LogP contribution < -0.4 is 5.72 Å². The number of hydrogen-bond acceptors (Lipinski definition) is 3. The number of hydrogen-bond donors (Lipinski definition) is 1. The molecule has 0 saturated carbocycles. The van der Waals surface area contributed by atoms with Gasteiger partial charge in [0, 0.05) is 14.0 Å². The molecule has 0 aromatic carbocycles. The second kappa shape index (κ2) is 3.00. The molecule has 3 atom stereocenters. The first-order valence-corrected chi connectivity index (χ1v) is 3.13. The number of nitro groups is 1. The number of rotatable bonds is 2. The summed E-state index contributed by atoms with van der Waals surface area (Å²) < 4.78 is 44.7. The average molecular weight is 162 g/mol. The first kappa shape index (κ1) is 3.23. The molecule has 0 heterocycles. The molecule has 1 aliphatic carbocycles. The first-order chi connectivity index (χ1) is 7.51. The number of nitrogens with two attached hydrogens (primary N) is 1. The summed E-state index contributed by atoms with van der Waals surface area (Å²) >= 11 is 0. The molecule has 62 valence electrons. The second-order valence-corrected chi connectivity index (χ2v) is 2.28. The fourth-order valence-electron chi connectivity index (χ4n) is 0.798. The van der Waals surface area contributed by atoms with Crippen LogP contribution in [0.3, 0.4) is 0 Å². The molecule has 0 aromatic rings. The zero-order chi connectivity index (χ0) is 13.6. The number of allylic oxidation sites excluding steroid dienone is 1. The summed E-state index contributed by atoms with van der Waals surface area (Å²) in [6.45, 7) is 1.35. The van der Waals surface area contributed by atoms with Crippen LogP contribution in [0, 0.1) is 16.0 Å². The van der Waals surface area contributed by atoms with Crippen molar-refractivity contribution in [3.05, 3.63) is 22.3 Å². The Kier molecular flexibility index (Phi) is 0.881.